The van der Waals surface area contributed by atoms with Gasteiger partial charge in [-0.05, 0) is 37.3 Å². The van der Waals surface area contributed by atoms with Crippen molar-refractivity contribution in [3.63, 3.8) is 0 Å². The summed E-state index contributed by atoms with van der Waals surface area (Å²) in [4.78, 5) is 48.9. The Hall–Kier alpha value is -4.07. The highest BCUT2D eigenvalue weighted by atomic mass is 16.5. The minimum absolute atomic E-state index is 0.0477. The predicted octanol–water partition coefficient (Wildman–Crippen LogP) is 3.63. The summed E-state index contributed by atoms with van der Waals surface area (Å²) in [7, 11) is 1.24. The molecule has 3 aromatic rings. The average molecular weight is 472 g/mol. The minimum atomic E-state index is -1.02. The first-order valence-electron chi connectivity index (χ1n) is 11.5. The van der Waals surface area contributed by atoms with Crippen molar-refractivity contribution in [1.82, 2.24) is 9.97 Å². The lowest BCUT2D eigenvalue weighted by molar-refractivity contribution is -0.147. The second kappa shape index (κ2) is 8.94. The second-order valence-electron chi connectivity index (χ2n) is 9.10. The highest BCUT2D eigenvalue weighted by Gasteiger charge is 2.53. The van der Waals surface area contributed by atoms with Crippen LogP contribution in [0.5, 0.6) is 0 Å². The number of aryl methyl sites for hydroxylation is 1. The predicted molar refractivity (Wildman–Crippen MR) is 129 cm³/mol. The lowest BCUT2D eigenvalue weighted by atomic mass is 9.82. The van der Waals surface area contributed by atoms with Gasteiger partial charge in [0.2, 0.25) is 11.9 Å². The number of methoxy groups -OCH3 is 1. The molecule has 0 aliphatic heterocycles. The first kappa shape index (κ1) is 22.7. The maximum Gasteiger partial charge on any atom is 0.325 e. The van der Waals surface area contributed by atoms with E-state index in [0.29, 0.717) is 17.6 Å². The molecular weight excluding hydrogens is 446 g/mol. The number of esters is 1. The van der Waals surface area contributed by atoms with Crippen molar-refractivity contribution in [1.29, 1.82) is 0 Å². The zero-order valence-electron chi connectivity index (χ0n) is 19.4. The first-order valence-corrected chi connectivity index (χ1v) is 11.5. The summed E-state index contributed by atoms with van der Waals surface area (Å²) < 4.78 is 4.85. The number of amides is 1. The fourth-order valence-electron chi connectivity index (χ4n) is 5.28. The van der Waals surface area contributed by atoms with Crippen molar-refractivity contribution in [2.75, 3.05) is 18.6 Å². The molecule has 2 aromatic carbocycles. The molecule has 1 amide bonds. The monoisotopic (exact) mass is 471 g/mol. The van der Waals surface area contributed by atoms with E-state index in [1.165, 1.54) is 12.0 Å². The third-order valence-corrected chi connectivity index (χ3v) is 6.94. The van der Waals surface area contributed by atoms with Crippen LogP contribution < -0.4 is 4.90 Å². The number of carbonyl (C=O) groups excluding carboxylic acids is 2. The Labute approximate surface area is 202 Å². The number of hydrogen-bond acceptors (Lipinski definition) is 6. The van der Waals surface area contributed by atoms with Gasteiger partial charge in [-0.3, -0.25) is 19.3 Å². The van der Waals surface area contributed by atoms with Crippen LogP contribution in [0.25, 0.3) is 22.2 Å². The van der Waals surface area contributed by atoms with E-state index in [2.05, 4.69) is 4.98 Å². The van der Waals surface area contributed by atoms with Crippen LogP contribution in [0, 0.1) is 30.6 Å². The van der Waals surface area contributed by atoms with Gasteiger partial charge in [0.25, 0.3) is 0 Å². The third kappa shape index (κ3) is 4.05. The Balaban J connectivity index is 1.65. The van der Waals surface area contributed by atoms with Gasteiger partial charge in [-0.15, -0.1) is 0 Å². The molecule has 4 unspecified atom stereocenters. The Morgan fingerprint density at radius 1 is 1.03 bits per heavy atom. The number of fused-ring (bicyclic) bond motifs is 3. The van der Waals surface area contributed by atoms with E-state index in [-0.39, 0.29) is 17.8 Å². The second-order valence-corrected chi connectivity index (χ2v) is 9.10. The summed E-state index contributed by atoms with van der Waals surface area (Å²) >= 11 is 0. The number of benzene rings is 2. The van der Waals surface area contributed by atoms with Gasteiger partial charge in [0.1, 0.15) is 6.54 Å². The molecule has 178 valence electrons. The molecule has 5 rings (SSSR count). The fourth-order valence-corrected chi connectivity index (χ4v) is 5.28. The molecule has 1 saturated carbocycles. The molecule has 2 aliphatic carbocycles. The van der Waals surface area contributed by atoms with Crippen molar-refractivity contribution >= 4 is 34.7 Å². The molecule has 2 aliphatic rings. The van der Waals surface area contributed by atoms with Gasteiger partial charge >= 0.3 is 11.9 Å². The standard InChI is InChI=1S/C27H25N3O5/c1-15-8-11-20-19(12-15)24(16-6-4-3-5-7-16)29-27(28-20)30(14-21(31)35-2)25(32)22-17-9-10-18(13-17)23(22)26(33)34/h3-12,17-18,22-23H,13-14H2,1-2H3,(H,33,34). The molecule has 0 spiro atoms. The molecular formula is C27H25N3O5. The van der Waals surface area contributed by atoms with Gasteiger partial charge in [-0.1, -0.05) is 54.1 Å². The van der Waals surface area contributed by atoms with Gasteiger partial charge in [0, 0.05) is 10.9 Å². The number of carboxylic acids is 1. The Bertz CT molecular complexity index is 1350. The zero-order chi connectivity index (χ0) is 24.7. The number of allylic oxidation sites excluding steroid dienone is 2. The van der Waals surface area contributed by atoms with Crippen molar-refractivity contribution < 1.29 is 24.2 Å². The maximum atomic E-state index is 13.9. The molecule has 8 nitrogen and oxygen atoms in total. The number of ether oxygens (including phenoxy) is 1. The fraction of sp³-hybridized carbons (Fsp3) is 0.296. The van der Waals surface area contributed by atoms with Crippen LogP contribution in [0.3, 0.4) is 0 Å². The van der Waals surface area contributed by atoms with E-state index in [0.717, 1.165) is 16.5 Å². The largest absolute Gasteiger partial charge is 0.481 e. The van der Waals surface area contributed by atoms with Gasteiger partial charge in [0.05, 0.1) is 30.2 Å². The summed E-state index contributed by atoms with van der Waals surface area (Å²) in [6.45, 7) is 1.56. The van der Waals surface area contributed by atoms with Crippen molar-refractivity contribution in [2.24, 2.45) is 23.7 Å². The highest BCUT2D eigenvalue weighted by molar-refractivity contribution is 6.02. The van der Waals surface area contributed by atoms with E-state index in [4.69, 9.17) is 9.72 Å². The summed E-state index contributed by atoms with van der Waals surface area (Å²) in [6.07, 6.45) is 4.38. The number of carboxylic acid groups (broad SMARTS) is 1. The van der Waals surface area contributed by atoms with E-state index < -0.39 is 36.2 Å². The minimum Gasteiger partial charge on any atom is -0.481 e. The molecule has 35 heavy (non-hydrogen) atoms. The van der Waals surface area contributed by atoms with E-state index >= 15 is 0 Å². The molecule has 0 saturated heterocycles. The van der Waals surface area contributed by atoms with E-state index in [1.807, 2.05) is 67.6 Å². The number of hydrogen-bond donors (Lipinski definition) is 1. The van der Waals surface area contributed by atoms with Crippen LogP contribution in [0.15, 0.2) is 60.7 Å². The topological polar surface area (TPSA) is 110 Å². The molecule has 1 aromatic heterocycles. The number of rotatable bonds is 6. The highest BCUT2D eigenvalue weighted by Crippen LogP contribution is 2.49. The zero-order valence-corrected chi connectivity index (χ0v) is 19.4. The van der Waals surface area contributed by atoms with Crippen LogP contribution in [-0.2, 0) is 19.1 Å². The van der Waals surface area contributed by atoms with Crippen molar-refractivity contribution in [3.8, 4) is 11.3 Å². The SMILES string of the molecule is COC(=O)CN(C(=O)C1C2C=CC(C2)C1C(=O)O)c1nc(-c2ccccc2)c2cc(C)ccc2n1. The summed E-state index contributed by atoms with van der Waals surface area (Å²) in [5, 5.41) is 10.7. The number of anilines is 1. The van der Waals surface area contributed by atoms with Crippen LogP contribution in [0.1, 0.15) is 12.0 Å². The molecule has 4 atom stereocenters. The van der Waals surface area contributed by atoms with Crippen LogP contribution >= 0.6 is 0 Å². The summed E-state index contributed by atoms with van der Waals surface area (Å²) in [5.74, 6) is -4.15. The molecule has 2 bridgehead atoms. The van der Waals surface area contributed by atoms with Gasteiger partial charge in [-0.2, -0.15) is 0 Å². The van der Waals surface area contributed by atoms with Gasteiger partial charge in [-0.25, -0.2) is 9.97 Å². The van der Waals surface area contributed by atoms with Gasteiger partial charge < -0.3 is 9.84 Å². The number of carbonyl (C=O) groups is 3. The number of aromatic nitrogens is 2. The quantitative estimate of drug-likeness (QED) is 0.432. The summed E-state index contributed by atoms with van der Waals surface area (Å²) in [6, 6.07) is 15.3. The smallest absolute Gasteiger partial charge is 0.325 e. The number of aliphatic carboxylic acids is 1. The molecule has 8 heteroatoms. The van der Waals surface area contributed by atoms with Crippen LogP contribution in [-0.4, -0.2) is 46.6 Å². The van der Waals surface area contributed by atoms with Crippen molar-refractivity contribution in [3.05, 3.63) is 66.2 Å². The Morgan fingerprint density at radius 3 is 2.43 bits per heavy atom. The van der Waals surface area contributed by atoms with Crippen molar-refractivity contribution in [2.45, 2.75) is 13.3 Å². The molecule has 1 fully saturated rings. The normalized spacial score (nSPS) is 22.3. The lowest BCUT2D eigenvalue weighted by Gasteiger charge is -2.29. The number of nitrogens with zero attached hydrogens (tertiary/aromatic N) is 3. The lowest BCUT2D eigenvalue weighted by Crippen LogP contribution is -2.46. The maximum absolute atomic E-state index is 13.9. The third-order valence-electron chi connectivity index (χ3n) is 6.94. The first-order chi connectivity index (χ1) is 16.9. The molecule has 1 heterocycles. The molecule has 1 N–H and O–H groups in total. The van der Waals surface area contributed by atoms with E-state index in [9.17, 15) is 19.5 Å². The van der Waals surface area contributed by atoms with Crippen LogP contribution in [0.4, 0.5) is 5.95 Å². The van der Waals surface area contributed by atoms with E-state index in [1.54, 1.807) is 0 Å². The summed E-state index contributed by atoms with van der Waals surface area (Å²) in [5.41, 5.74) is 3.11. The molecule has 0 radical (unpaired) electrons. The Kier molecular flexibility index (Phi) is 5.80. The van der Waals surface area contributed by atoms with Gasteiger partial charge in [0.15, 0.2) is 0 Å². The average Bonchev–Trinajstić information content (AvgIpc) is 3.49. The van der Waals surface area contributed by atoms with Crippen LogP contribution in [0.2, 0.25) is 0 Å². The Morgan fingerprint density at radius 2 is 1.74 bits per heavy atom.